The van der Waals surface area contributed by atoms with Crippen LogP contribution in [0.4, 0.5) is 0 Å². The zero-order valence-electron chi connectivity index (χ0n) is 8.97. The zero-order chi connectivity index (χ0) is 9.47. The lowest BCUT2D eigenvalue weighted by molar-refractivity contribution is 0.0215. The molecule has 2 fully saturated rings. The molecule has 1 saturated heterocycles. The van der Waals surface area contributed by atoms with Crippen molar-refractivity contribution in [3.05, 3.63) is 0 Å². The fourth-order valence-corrected chi connectivity index (χ4v) is 2.21. The molecule has 1 saturated carbocycles. The van der Waals surface area contributed by atoms with Crippen molar-refractivity contribution in [2.24, 2.45) is 11.8 Å². The molecule has 2 heteroatoms. The minimum atomic E-state index is 0.0537. The normalized spacial score (nSPS) is 42.2. The minimum absolute atomic E-state index is 0.0537. The summed E-state index contributed by atoms with van der Waals surface area (Å²) in [5.41, 5.74) is 0.0537. The van der Waals surface area contributed by atoms with E-state index in [0.717, 1.165) is 18.4 Å². The summed E-state index contributed by atoms with van der Waals surface area (Å²) in [7, 11) is 0. The summed E-state index contributed by atoms with van der Waals surface area (Å²) in [5, 5.41) is 3.64. The van der Waals surface area contributed by atoms with Crippen molar-refractivity contribution in [2.45, 2.75) is 45.3 Å². The summed E-state index contributed by atoms with van der Waals surface area (Å²) in [4.78, 5) is 0. The summed E-state index contributed by atoms with van der Waals surface area (Å²) < 4.78 is 5.67. The maximum absolute atomic E-state index is 5.67. The van der Waals surface area contributed by atoms with Crippen LogP contribution in [0.15, 0.2) is 0 Å². The summed E-state index contributed by atoms with van der Waals surface area (Å²) >= 11 is 0. The van der Waals surface area contributed by atoms with Crippen LogP contribution < -0.4 is 5.32 Å². The minimum Gasteiger partial charge on any atom is -0.374 e. The molecule has 0 aromatic carbocycles. The van der Waals surface area contributed by atoms with E-state index >= 15 is 0 Å². The van der Waals surface area contributed by atoms with Crippen LogP contribution in [0.3, 0.4) is 0 Å². The Morgan fingerprint density at radius 3 is 2.62 bits per heavy atom. The first-order valence-corrected chi connectivity index (χ1v) is 5.47. The van der Waals surface area contributed by atoms with E-state index in [-0.39, 0.29) is 5.60 Å². The second-order valence-electron chi connectivity index (χ2n) is 5.17. The molecule has 76 valence electrons. The summed E-state index contributed by atoms with van der Waals surface area (Å²) in [6.45, 7) is 8.83. The van der Waals surface area contributed by atoms with Gasteiger partial charge in [-0.2, -0.15) is 0 Å². The van der Waals surface area contributed by atoms with Gasteiger partial charge in [-0.15, -0.1) is 0 Å². The number of rotatable bonds is 3. The van der Waals surface area contributed by atoms with Gasteiger partial charge < -0.3 is 10.1 Å². The highest BCUT2D eigenvalue weighted by Gasteiger charge is 2.38. The van der Waals surface area contributed by atoms with E-state index in [1.807, 2.05) is 0 Å². The van der Waals surface area contributed by atoms with Gasteiger partial charge in [0.2, 0.25) is 0 Å². The van der Waals surface area contributed by atoms with Gasteiger partial charge in [-0.3, -0.25) is 0 Å². The monoisotopic (exact) mass is 183 g/mol. The number of hydrogen-bond donors (Lipinski definition) is 1. The largest absolute Gasteiger partial charge is 0.374 e. The summed E-state index contributed by atoms with van der Waals surface area (Å²) in [6, 6.07) is 0.570. The Balaban J connectivity index is 1.75. The van der Waals surface area contributed by atoms with Crippen LogP contribution in [0, 0.1) is 11.8 Å². The summed E-state index contributed by atoms with van der Waals surface area (Å²) in [6.07, 6.45) is 2.59. The molecule has 13 heavy (non-hydrogen) atoms. The van der Waals surface area contributed by atoms with Crippen LogP contribution in [0.5, 0.6) is 0 Å². The van der Waals surface area contributed by atoms with E-state index in [1.165, 1.54) is 19.4 Å². The molecule has 0 aromatic heterocycles. The lowest BCUT2D eigenvalue weighted by atomic mass is 9.99. The highest BCUT2D eigenvalue weighted by atomic mass is 16.5. The molecule has 0 amide bonds. The first-order valence-electron chi connectivity index (χ1n) is 5.47. The van der Waals surface area contributed by atoms with E-state index in [4.69, 9.17) is 4.74 Å². The molecular weight excluding hydrogens is 162 g/mol. The first kappa shape index (κ1) is 9.47. The standard InChI is InChI=1S/C11H21NO/c1-8-6-9(8)7-12-10-4-5-13-11(10,2)3/h8-10,12H,4-7H2,1-3H3. The van der Waals surface area contributed by atoms with Crippen molar-refractivity contribution in [1.29, 1.82) is 0 Å². The maximum atomic E-state index is 5.67. The third kappa shape index (κ3) is 2.05. The van der Waals surface area contributed by atoms with Crippen LogP contribution >= 0.6 is 0 Å². The highest BCUT2D eigenvalue weighted by molar-refractivity contribution is 4.93. The van der Waals surface area contributed by atoms with Crippen LogP contribution in [-0.4, -0.2) is 24.8 Å². The van der Waals surface area contributed by atoms with E-state index in [9.17, 15) is 0 Å². The Morgan fingerprint density at radius 1 is 1.46 bits per heavy atom. The van der Waals surface area contributed by atoms with Crippen LogP contribution in [0.2, 0.25) is 0 Å². The average Bonchev–Trinajstić information content (AvgIpc) is 2.63. The van der Waals surface area contributed by atoms with E-state index in [2.05, 4.69) is 26.1 Å². The van der Waals surface area contributed by atoms with Crippen molar-refractivity contribution >= 4 is 0 Å². The maximum Gasteiger partial charge on any atom is 0.0779 e. The molecule has 0 aromatic rings. The van der Waals surface area contributed by atoms with Crippen LogP contribution in [0.1, 0.15) is 33.6 Å². The van der Waals surface area contributed by atoms with Crippen molar-refractivity contribution in [2.75, 3.05) is 13.2 Å². The van der Waals surface area contributed by atoms with E-state index in [1.54, 1.807) is 0 Å². The second-order valence-corrected chi connectivity index (χ2v) is 5.17. The Bertz CT molecular complexity index is 191. The third-order valence-electron chi connectivity index (χ3n) is 3.62. The number of nitrogens with one attached hydrogen (secondary N) is 1. The van der Waals surface area contributed by atoms with Crippen LogP contribution in [0.25, 0.3) is 0 Å². The predicted octanol–water partition coefficient (Wildman–Crippen LogP) is 1.80. The van der Waals surface area contributed by atoms with E-state index < -0.39 is 0 Å². The quantitative estimate of drug-likeness (QED) is 0.720. The van der Waals surface area contributed by atoms with Gasteiger partial charge in [0.15, 0.2) is 0 Å². The van der Waals surface area contributed by atoms with Gasteiger partial charge in [0.05, 0.1) is 5.60 Å². The highest BCUT2D eigenvalue weighted by Crippen LogP contribution is 2.37. The van der Waals surface area contributed by atoms with Crippen molar-refractivity contribution in [3.8, 4) is 0 Å². The molecule has 0 radical (unpaired) electrons. The Hall–Kier alpha value is -0.0800. The number of hydrogen-bond acceptors (Lipinski definition) is 2. The Kier molecular flexibility index (Phi) is 2.37. The SMILES string of the molecule is CC1CC1CNC1CCOC1(C)C. The third-order valence-corrected chi connectivity index (χ3v) is 3.62. The van der Waals surface area contributed by atoms with Crippen molar-refractivity contribution < 1.29 is 4.74 Å². The first-order chi connectivity index (χ1) is 6.09. The molecule has 1 heterocycles. The molecule has 2 rings (SSSR count). The van der Waals surface area contributed by atoms with Gasteiger partial charge in [-0.25, -0.2) is 0 Å². The van der Waals surface area contributed by atoms with Crippen molar-refractivity contribution in [1.82, 2.24) is 5.32 Å². The van der Waals surface area contributed by atoms with Crippen LogP contribution in [-0.2, 0) is 4.74 Å². The molecule has 2 aliphatic rings. The molecule has 3 unspecified atom stereocenters. The Labute approximate surface area is 81.0 Å². The molecule has 1 aliphatic heterocycles. The second kappa shape index (κ2) is 3.25. The molecule has 2 nitrogen and oxygen atoms in total. The summed E-state index contributed by atoms with van der Waals surface area (Å²) in [5.74, 6) is 1.90. The smallest absolute Gasteiger partial charge is 0.0779 e. The van der Waals surface area contributed by atoms with Gasteiger partial charge in [0.25, 0.3) is 0 Å². The average molecular weight is 183 g/mol. The predicted molar refractivity (Wildman–Crippen MR) is 53.7 cm³/mol. The lowest BCUT2D eigenvalue weighted by Gasteiger charge is -2.26. The Morgan fingerprint density at radius 2 is 2.15 bits per heavy atom. The van der Waals surface area contributed by atoms with Gasteiger partial charge in [-0.1, -0.05) is 6.92 Å². The molecule has 1 N–H and O–H groups in total. The molecular formula is C11H21NO. The van der Waals surface area contributed by atoms with Gasteiger partial charge in [-0.05, 0) is 45.1 Å². The molecule has 1 aliphatic carbocycles. The van der Waals surface area contributed by atoms with Crippen molar-refractivity contribution in [3.63, 3.8) is 0 Å². The molecule has 3 atom stereocenters. The van der Waals surface area contributed by atoms with Gasteiger partial charge in [0.1, 0.15) is 0 Å². The lowest BCUT2D eigenvalue weighted by Crippen LogP contribution is -2.44. The fourth-order valence-electron chi connectivity index (χ4n) is 2.21. The van der Waals surface area contributed by atoms with Gasteiger partial charge >= 0.3 is 0 Å². The van der Waals surface area contributed by atoms with E-state index in [0.29, 0.717) is 6.04 Å². The fraction of sp³-hybridized carbons (Fsp3) is 1.00. The topological polar surface area (TPSA) is 21.3 Å². The van der Waals surface area contributed by atoms with Gasteiger partial charge in [0, 0.05) is 12.6 Å². The molecule has 0 bridgehead atoms. The number of ether oxygens (including phenoxy) is 1. The molecule has 0 spiro atoms. The zero-order valence-corrected chi connectivity index (χ0v) is 8.97.